The van der Waals surface area contributed by atoms with Gasteiger partial charge in [0.1, 0.15) is 0 Å². The van der Waals surface area contributed by atoms with E-state index < -0.39 is 5.91 Å². The van der Waals surface area contributed by atoms with E-state index in [1.807, 2.05) is 31.2 Å². The molecular weight excluding hydrogens is 432 g/mol. The molecule has 1 aromatic carbocycles. The van der Waals surface area contributed by atoms with Crippen molar-refractivity contribution in [1.82, 2.24) is 4.57 Å². The van der Waals surface area contributed by atoms with Gasteiger partial charge in [0.05, 0.1) is 19.1 Å². The van der Waals surface area contributed by atoms with Gasteiger partial charge in [-0.25, -0.2) is 0 Å². The second kappa shape index (κ2) is 9.61. The van der Waals surface area contributed by atoms with Gasteiger partial charge in [-0.1, -0.05) is 47.3 Å². The number of aromatic nitrogens is 1. The van der Waals surface area contributed by atoms with Gasteiger partial charge < -0.3 is 15.0 Å². The Bertz CT molecular complexity index is 881. The Balaban J connectivity index is 2.11. The summed E-state index contributed by atoms with van der Waals surface area (Å²) in [6.07, 6.45) is 6.99. The number of hydrogen-bond donors (Lipinski definition) is 1. The Kier molecular flexibility index (Phi) is 7.17. The first-order valence-corrected chi connectivity index (χ1v) is 11.1. The molecule has 0 saturated heterocycles. The third-order valence-electron chi connectivity index (χ3n) is 5.97. The first-order chi connectivity index (χ1) is 13.9. The van der Waals surface area contributed by atoms with Crippen LogP contribution in [0.3, 0.4) is 0 Å². The van der Waals surface area contributed by atoms with E-state index in [1.165, 1.54) is 39.2 Å². The molecule has 1 saturated carbocycles. The Morgan fingerprint density at radius 2 is 1.83 bits per heavy atom. The molecule has 156 valence electrons. The molecule has 1 amide bonds. The molecule has 2 aromatic rings. The predicted octanol–water partition coefficient (Wildman–Crippen LogP) is 5.01. The number of carbonyl (C=O) groups excluding carboxylic acids is 2. The summed E-state index contributed by atoms with van der Waals surface area (Å²) in [5.41, 5.74) is 10.1. The maximum atomic E-state index is 12.4. The molecule has 0 radical (unpaired) electrons. The van der Waals surface area contributed by atoms with Crippen LogP contribution in [0.1, 0.15) is 60.3 Å². The standard InChI is InChI=1S/C23H29BrN2O3/c1-15-21(23(25)28)22(17-8-10-18(24)11-9-17)19(12-13-20(27)29-2)26(15)14-16-6-4-3-5-7-16/h8-11,16H,3-7,12-14H2,1-2H3,(H2,25,28). The minimum atomic E-state index is -0.429. The molecular formula is C23H29BrN2O3. The van der Waals surface area contributed by atoms with Crippen LogP contribution in [-0.2, 0) is 22.5 Å². The van der Waals surface area contributed by atoms with Gasteiger partial charge in [0, 0.05) is 28.0 Å². The Labute approximate surface area is 180 Å². The number of carbonyl (C=O) groups is 2. The van der Waals surface area contributed by atoms with Crippen LogP contribution in [0, 0.1) is 12.8 Å². The number of nitrogens with zero attached hydrogens (tertiary/aromatic N) is 1. The summed E-state index contributed by atoms with van der Waals surface area (Å²) in [5, 5.41) is 0. The third-order valence-corrected chi connectivity index (χ3v) is 6.50. The molecule has 0 spiro atoms. The number of primary amides is 1. The van der Waals surface area contributed by atoms with E-state index in [4.69, 9.17) is 10.5 Å². The highest BCUT2D eigenvalue weighted by Gasteiger charge is 2.27. The number of nitrogens with two attached hydrogens (primary N) is 1. The van der Waals surface area contributed by atoms with Gasteiger partial charge in [-0.15, -0.1) is 0 Å². The van der Waals surface area contributed by atoms with E-state index in [2.05, 4.69) is 20.5 Å². The molecule has 1 heterocycles. The van der Waals surface area contributed by atoms with Crippen LogP contribution < -0.4 is 5.73 Å². The van der Waals surface area contributed by atoms with E-state index in [0.29, 0.717) is 17.9 Å². The van der Waals surface area contributed by atoms with Crippen molar-refractivity contribution < 1.29 is 14.3 Å². The monoisotopic (exact) mass is 460 g/mol. The van der Waals surface area contributed by atoms with Gasteiger partial charge >= 0.3 is 5.97 Å². The van der Waals surface area contributed by atoms with Gasteiger partial charge in [0.2, 0.25) is 0 Å². The highest BCUT2D eigenvalue weighted by molar-refractivity contribution is 9.10. The zero-order valence-electron chi connectivity index (χ0n) is 17.2. The molecule has 1 aliphatic carbocycles. The maximum Gasteiger partial charge on any atom is 0.305 e. The molecule has 1 fully saturated rings. The van der Waals surface area contributed by atoms with Crippen molar-refractivity contribution in [3.05, 3.63) is 45.7 Å². The number of ether oxygens (including phenoxy) is 1. The molecule has 0 bridgehead atoms. The van der Waals surface area contributed by atoms with Crippen LogP contribution in [0.4, 0.5) is 0 Å². The number of halogens is 1. The van der Waals surface area contributed by atoms with Crippen molar-refractivity contribution in [3.8, 4) is 11.1 Å². The number of methoxy groups -OCH3 is 1. The average Bonchev–Trinajstić information content (AvgIpc) is 2.99. The van der Waals surface area contributed by atoms with E-state index in [1.54, 1.807) is 0 Å². The fraction of sp³-hybridized carbons (Fsp3) is 0.478. The summed E-state index contributed by atoms with van der Waals surface area (Å²) in [5.74, 6) is -0.0946. The van der Waals surface area contributed by atoms with Crippen molar-refractivity contribution in [1.29, 1.82) is 0 Å². The van der Waals surface area contributed by atoms with Crippen LogP contribution in [0.15, 0.2) is 28.7 Å². The number of rotatable bonds is 7. The first-order valence-electron chi connectivity index (χ1n) is 10.3. The second-order valence-corrected chi connectivity index (χ2v) is 8.76. The number of benzene rings is 1. The Morgan fingerprint density at radius 1 is 1.17 bits per heavy atom. The summed E-state index contributed by atoms with van der Waals surface area (Å²) < 4.78 is 8.06. The van der Waals surface area contributed by atoms with Crippen LogP contribution in [0.25, 0.3) is 11.1 Å². The van der Waals surface area contributed by atoms with Crippen molar-refractivity contribution in [2.45, 2.75) is 58.4 Å². The van der Waals surface area contributed by atoms with E-state index in [0.717, 1.165) is 33.5 Å². The van der Waals surface area contributed by atoms with Crippen LogP contribution in [0.5, 0.6) is 0 Å². The summed E-state index contributed by atoms with van der Waals surface area (Å²) in [4.78, 5) is 24.3. The minimum absolute atomic E-state index is 0.254. The summed E-state index contributed by atoms with van der Waals surface area (Å²) in [7, 11) is 1.40. The molecule has 3 rings (SSSR count). The van der Waals surface area contributed by atoms with Gasteiger partial charge in [-0.3, -0.25) is 9.59 Å². The van der Waals surface area contributed by atoms with Crippen molar-refractivity contribution >= 4 is 27.8 Å². The molecule has 29 heavy (non-hydrogen) atoms. The van der Waals surface area contributed by atoms with Gasteiger partial charge in [0.15, 0.2) is 0 Å². The van der Waals surface area contributed by atoms with E-state index in [-0.39, 0.29) is 12.4 Å². The lowest BCUT2D eigenvalue weighted by atomic mass is 9.89. The van der Waals surface area contributed by atoms with Crippen LogP contribution in [0.2, 0.25) is 0 Å². The number of hydrogen-bond acceptors (Lipinski definition) is 3. The zero-order valence-corrected chi connectivity index (χ0v) is 18.8. The molecule has 0 atom stereocenters. The smallest absolute Gasteiger partial charge is 0.305 e. The maximum absolute atomic E-state index is 12.4. The summed E-state index contributed by atoms with van der Waals surface area (Å²) >= 11 is 3.47. The molecule has 0 aliphatic heterocycles. The number of esters is 1. The van der Waals surface area contributed by atoms with Gasteiger partial charge in [-0.05, 0) is 49.8 Å². The molecule has 2 N–H and O–H groups in total. The van der Waals surface area contributed by atoms with E-state index in [9.17, 15) is 9.59 Å². The number of amides is 1. The van der Waals surface area contributed by atoms with Gasteiger partial charge in [-0.2, -0.15) is 0 Å². The second-order valence-electron chi connectivity index (χ2n) is 7.84. The van der Waals surface area contributed by atoms with Crippen molar-refractivity contribution in [2.75, 3.05) is 7.11 Å². The third kappa shape index (κ3) is 4.92. The fourth-order valence-corrected chi connectivity index (χ4v) is 4.75. The zero-order chi connectivity index (χ0) is 21.0. The normalized spacial score (nSPS) is 14.7. The van der Waals surface area contributed by atoms with Gasteiger partial charge in [0.25, 0.3) is 5.91 Å². The molecule has 6 heteroatoms. The average molecular weight is 461 g/mol. The molecule has 1 aliphatic rings. The van der Waals surface area contributed by atoms with Crippen LogP contribution >= 0.6 is 15.9 Å². The Hall–Kier alpha value is -2.08. The first kappa shape index (κ1) is 21.6. The highest BCUT2D eigenvalue weighted by atomic mass is 79.9. The topological polar surface area (TPSA) is 74.3 Å². The fourth-order valence-electron chi connectivity index (χ4n) is 4.48. The minimum Gasteiger partial charge on any atom is -0.469 e. The summed E-state index contributed by atoms with van der Waals surface area (Å²) in [6.45, 7) is 2.83. The lowest BCUT2D eigenvalue weighted by molar-refractivity contribution is -0.140. The predicted molar refractivity (Wildman–Crippen MR) is 118 cm³/mol. The lowest BCUT2D eigenvalue weighted by Gasteiger charge is -2.24. The largest absolute Gasteiger partial charge is 0.469 e. The van der Waals surface area contributed by atoms with Crippen molar-refractivity contribution in [2.24, 2.45) is 11.7 Å². The molecule has 0 unspecified atom stereocenters. The quantitative estimate of drug-likeness (QED) is 0.589. The highest BCUT2D eigenvalue weighted by Crippen LogP contribution is 2.36. The molecule has 5 nitrogen and oxygen atoms in total. The molecule has 1 aromatic heterocycles. The summed E-state index contributed by atoms with van der Waals surface area (Å²) in [6, 6.07) is 7.88. The Morgan fingerprint density at radius 3 is 2.41 bits per heavy atom. The van der Waals surface area contributed by atoms with Crippen molar-refractivity contribution in [3.63, 3.8) is 0 Å². The van der Waals surface area contributed by atoms with Crippen LogP contribution in [-0.4, -0.2) is 23.6 Å². The van der Waals surface area contributed by atoms with E-state index >= 15 is 0 Å². The SMILES string of the molecule is COC(=O)CCc1c(-c2ccc(Br)cc2)c(C(N)=O)c(C)n1CC1CCCCC1. The lowest BCUT2D eigenvalue weighted by Crippen LogP contribution is -2.18.